The van der Waals surface area contributed by atoms with Gasteiger partial charge in [0.15, 0.2) is 5.82 Å². The van der Waals surface area contributed by atoms with Crippen molar-refractivity contribution in [2.24, 2.45) is 5.92 Å². The summed E-state index contributed by atoms with van der Waals surface area (Å²) in [6.07, 6.45) is 7.87. The second-order valence-corrected chi connectivity index (χ2v) is 8.77. The summed E-state index contributed by atoms with van der Waals surface area (Å²) in [7, 11) is 0. The number of piperidine rings is 1. The van der Waals surface area contributed by atoms with E-state index in [1.165, 1.54) is 6.20 Å². The van der Waals surface area contributed by atoms with Gasteiger partial charge in [-0.2, -0.15) is 0 Å². The third-order valence-corrected chi connectivity index (χ3v) is 6.95. The van der Waals surface area contributed by atoms with Crippen molar-refractivity contribution >= 4 is 11.6 Å². The van der Waals surface area contributed by atoms with Crippen LogP contribution in [0, 0.1) is 11.7 Å². The van der Waals surface area contributed by atoms with Crippen molar-refractivity contribution in [1.29, 1.82) is 0 Å². The summed E-state index contributed by atoms with van der Waals surface area (Å²) in [5.41, 5.74) is -0.856. The predicted octanol–water partition coefficient (Wildman–Crippen LogP) is 2.41. The molecule has 1 saturated carbocycles. The zero-order chi connectivity index (χ0) is 19.8. The highest BCUT2D eigenvalue weighted by molar-refractivity contribution is 5.79. The largest absolute Gasteiger partial charge is 0.388 e. The van der Waals surface area contributed by atoms with Gasteiger partial charge in [-0.05, 0) is 45.1 Å². The molecule has 2 saturated heterocycles. The van der Waals surface area contributed by atoms with Gasteiger partial charge in [0.05, 0.1) is 23.0 Å². The third kappa shape index (κ3) is 3.50. The second-order valence-electron chi connectivity index (χ2n) is 8.77. The van der Waals surface area contributed by atoms with Crippen LogP contribution in [0.25, 0.3) is 0 Å². The quantitative estimate of drug-likeness (QED) is 0.828. The van der Waals surface area contributed by atoms with E-state index in [1.54, 1.807) is 12.3 Å². The lowest BCUT2D eigenvalue weighted by Crippen LogP contribution is -2.69. The number of carbonyl (C=O) groups is 1. The van der Waals surface area contributed by atoms with E-state index in [-0.39, 0.29) is 17.6 Å². The first-order valence-corrected chi connectivity index (χ1v) is 10.4. The number of carbonyl (C=O) groups excluding carboxylic acids is 1. The highest BCUT2D eigenvalue weighted by Crippen LogP contribution is 2.41. The van der Waals surface area contributed by atoms with E-state index < -0.39 is 17.2 Å². The van der Waals surface area contributed by atoms with E-state index >= 15 is 0 Å². The molecule has 0 radical (unpaired) electrons. The van der Waals surface area contributed by atoms with Gasteiger partial charge in [0, 0.05) is 31.8 Å². The molecule has 1 aliphatic carbocycles. The summed E-state index contributed by atoms with van der Waals surface area (Å²) in [5, 5.41) is 14.4. The molecule has 3 aliphatic rings. The van der Waals surface area contributed by atoms with Crippen molar-refractivity contribution in [3.8, 4) is 0 Å². The van der Waals surface area contributed by atoms with Gasteiger partial charge >= 0.3 is 0 Å². The van der Waals surface area contributed by atoms with Gasteiger partial charge < -0.3 is 20.1 Å². The number of aliphatic hydroxyl groups is 1. The van der Waals surface area contributed by atoms with Crippen LogP contribution in [0.1, 0.15) is 51.9 Å². The third-order valence-electron chi connectivity index (χ3n) is 6.95. The summed E-state index contributed by atoms with van der Waals surface area (Å²) >= 11 is 0. The number of pyridine rings is 1. The van der Waals surface area contributed by atoms with Gasteiger partial charge in [-0.1, -0.05) is 12.8 Å². The molecule has 2 N–H and O–H groups in total. The molecular weight excluding hydrogens is 361 g/mol. The summed E-state index contributed by atoms with van der Waals surface area (Å²) in [4.78, 5) is 18.5. The molecule has 2 atom stereocenters. The Labute approximate surface area is 165 Å². The smallest absolute Gasteiger partial charge is 0.223 e. The Hall–Kier alpha value is -1.73. The highest BCUT2D eigenvalue weighted by atomic mass is 19.1. The molecule has 0 unspecified atom stereocenters. The molecule has 154 valence electrons. The Bertz CT molecular complexity index is 717. The number of nitrogens with one attached hydrogen (secondary N) is 1. The Morgan fingerprint density at radius 3 is 2.71 bits per heavy atom. The zero-order valence-electron chi connectivity index (χ0n) is 16.5. The fourth-order valence-electron chi connectivity index (χ4n) is 5.13. The maximum atomic E-state index is 14.1. The van der Waals surface area contributed by atoms with E-state index in [4.69, 9.17) is 4.74 Å². The highest BCUT2D eigenvalue weighted by Gasteiger charge is 2.54. The average Bonchev–Trinajstić information content (AvgIpc) is 3.23. The van der Waals surface area contributed by atoms with E-state index in [0.29, 0.717) is 44.6 Å². The number of halogens is 1. The van der Waals surface area contributed by atoms with Crippen LogP contribution < -0.4 is 10.2 Å². The Balaban J connectivity index is 1.45. The molecular formula is C21H30FN3O3. The van der Waals surface area contributed by atoms with Crippen molar-refractivity contribution in [3.05, 3.63) is 24.3 Å². The van der Waals surface area contributed by atoms with Crippen molar-refractivity contribution in [2.75, 3.05) is 24.6 Å². The Morgan fingerprint density at radius 2 is 2.04 bits per heavy atom. The number of hydrogen-bond donors (Lipinski definition) is 2. The fourth-order valence-corrected chi connectivity index (χ4v) is 5.13. The minimum atomic E-state index is -0.788. The summed E-state index contributed by atoms with van der Waals surface area (Å²) in [5.74, 6) is -0.205. The van der Waals surface area contributed by atoms with E-state index in [1.807, 2.05) is 11.8 Å². The number of rotatable bonds is 3. The van der Waals surface area contributed by atoms with Gasteiger partial charge in [-0.25, -0.2) is 4.39 Å². The van der Waals surface area contributed by atoms with Crippen molar-refractivity contribution < 1.29 is 19.0 Å². The molecule has 3 heterocycles. The lowest BCUT2D eigenvalue weighted by atomic mass is 9.73. The van der Waals surface area contributed by atoms with Crippen LogP contribution in [0.2, 0.25) is 0 Å². The van der Waals surface area contributed by atoms with Crippen LogP contribution in [0.4, 0.5) is 10.1 Å². The summed E-state index contributed by atoms with van der Waals surface area (Å²) < 4.78 is 20.2. The van der Waals surface area contributed by atoms with Gasteiger partial charge in [0.25, 0.3) is 0 Å². The minimum absolute atomic E-state index is 0.0624. The number of nitrogens with zero attached hydrogens (tertiary/aromatic N) is 2. The van der Waals surface area contributed by atoms with Gasteiger partial charge in [-0.3, -0.25) is 9.78 Å². The van der Waals surface area contributed by atoms with Crippen LogP contribution in [-0.2, 0) is 9.53 Å². The number of hydrogen-bond acceptors (Lipinski definition) is 5. The molecule has 2 aliphatic heterocycles. The molecule has 1 amide bonds. The molecule has 4 rings (SSSR count). The second kappa shape index (κ2) is 7.59. The Kier molecular flexibility index (Phi) is 5.31. The number of aromatic nitrogens is 1. The predicted molar refractivity (Wildman–Crippen MR) is 103 cm³/mol. The van der Waals surface area contributed by atoms with E-state index in [0.717, 1.165) is 25.7 Å². The fraction of sp³-hybridized carbons (Fsp3) is 0.714. The summed E-state index contributed by atoms with van der Waals surface area (Å²) in [6.45, 7) is 3.61. The zero-order valence-corrected chi connectivity index (χ0v) is 16.5. The SMILES string of the molecule is C[C@]1(NC(=O)C2CCCC2)CCOC2(CCN(c3ccncc3F)CC2)[C@@H]1O. The molecule has 3 fully saturated rings. The topological polar surface area (TPSA) is 74.7 Å². The first-order chi connectivity index (χ1) is 13.4. The van der Waals surface area contributed by atoms with Gasteiger partial charge in [0.2, 0.25) is 5.91 Å². The van der Waals surface area contributed by atoms with Crippen LogP contribution in [0.5, 0.6) is 0 Å². The molecule has 28 heavy (non-hydrogen) atoms. The van der Waals surface area contributed by atoms with Crippen LogP contribution in [0.3, 0.4) is 0 Å². The number of anilines is 1. The molecule has 6 nitrogen and oxygen atoms in total. The lowest BCUT2D eigenvalue weighted by Gasteiger charge is -2.54. The number of amides is 1. The Morgan fingerprint density at radius 1 is 1.32 bits per heavy atom. The van der Waals surface area contributed by atoms with Crippen LogP contribution in [-0.4, -0.2) is 52.9 Å². The molecule has 0 aromatic carbocycles. The van der Waals surface area contributed by atoms with Crippen molar-refractivity contribution in [2.45, 2.75) is 69.1 Å². The minimum Gasteiger partial charge on any atom is -0.388 e. The number of ether oxygens (including phenoxy) is 1. The lowest BCUT2D eigenvalue weighted by molar-refractivity contribution is -0.199. The first kappa shape index (κ1) is 19.6. The standard InChI is InChI=1S/C21H30FN3O3/c1-20(24-18(26)15-4-2-3-5-15)9-13-28-21(19(20)27)7-11-25(12-8-21)17-6-10-23-14-16(17)22/h6,10,14-15,19,27H,2-5,7-9,11-13H2,1H3,(H,24,26)/t19-,20+/m1/s1. The normalized spacial score (nSPS) is 30.5. The van der Waals surface area contributed by atoms with Crippen molar-refractivity contribution in [1.82, 2.24) is 10.3 Å². The van der Waals surface area contributed by atoms with Crippen LogP contribution in [0.15, 0.2) is 18.5 Å². The maximum absolute atomic E-state index is 14.1. The average molecular weight is 391 g/mol. The monoisotopic (exact) mass is 391 g/mol. The molecule has 1 aromatic heterocycles. The van der Waals surface area contributed by atoms with E-state index in [9.17, 15) is 14.3 Å². The van der Waals surface area contributed by atoms with Gasteiger partial charge in [-0.15, -0.1) is 0 Å². The number of aliphatic hydroxyl groups excluding tert-OH is 1. The van der Waals surface area contributed by atoms with Gasteiger partial charge in [0.1, 0.15) is 6.10 Å². The van der Waals surface area contributed by atoms with E-state index in [2.05, 4.69) is 10.3 Å². The molecule has 7 heteroatoms. The molecule has 0 bridgehead atoms. The van der Waals surface area contributed by atoms with Crippen molar-refractivity contribution in [3.63, 3.8) is 0 Å². The summed E-state index contributed by atoms with van der Waals surface area (Å²) in [6, 6.07) is 1.68. The van der Waals surface area contributed by atoms with Crippen LogP contribution >= 0.6 is 0 Å². The first-order valence-electron chi connectivity index (χ1n) is 10.4. The molecule has 1 aromatic rings. The maximum Gasteiger partial charge on any atom is 0.223 e. The molecule has 1 spiro atoms.